The fourth-order valence-corrected chi connectivity index (χ4v) is 6.46. The van der Waals surface area contributed by atoms with Crippen LogP contribution in [-0.2, 0) is 23.5 Å². The predicted octanol–water partition coefficient (Wildman–Crippen LogP) is 7.38. The standard InChI is InChI=1S/C22H25ClN2OS3/c1-4-10-27-21-24-19(28-13-14-6-8-15(23)9-7-14)18-16-11-22(3,5-2)26-12-17(16)29-20(18)25-21/h6-9H,4-5,10-13H2,1-3H3/t22-/m1/s1. The Morgan fingerprint density at radius 1 is 1.17 bits per heavy atom. The molecule has 2 aromatic heterocycles. The number of fused-ring (bicyclic) bond motifs is 3. The number of hydrogen-bond donors (Lipinski definition) is 0. The largest absolute Gasteiger partial charge is 0.369 e. The Bertz CT molecular complexity index is 1010. The number of thioether (sulfide) groups is 2. The molecule has 3 nitrogen and oxygen atoms in total. The SMILES string of the molecule is CCCSc1nc(SCc2ccc(Cl)cc2)c2c3c(sc2n1)CO[C@](C)(CC)C3. The molecule has 0 amide bonds. The third kappa shape index (κ3) is 4.77. The first-order valence-corrected chi connectivity index (χ1v) is 13.1. The van der Waals surface area contributed by atoms with Gasteiger partial charge in [0.15, 0.2) is 5.16 Å². The first kappa shape index (κ1) is 21.4. The summed E-state index contributed by atoms with van der Waals surface area (Å²) >= 11 is 11.4. The molecule has 1 aliphatic heterocycles. The molecule has 1 atom stereocenters. The molecule has 29 heavy (non-hydrogen) atoms. The summed E-state index contributed by atoms with van der Waals surface area (Å²) in [4.78, 5) is 12.3. The van der Waals surface area contributed by atoms with Crippen LogP contribution in [0.4, 0.5) is 0 Å². The highest BCUT2D eigenvalue weighted by atomic mass is 35.5. The van der Waals surface area contributed by atoms with Crippen LogP contribution in [0.5, 0.6) is 0 Å². The van der Waals surface area contributed by atoms with E-state index in [1.165, 1.54) is 21.4 Å². The van der Waals surface area contributed by atoms with Gasteiger partial charge in [-0.2, -0.15) is 0 Å². The lowest BCUT2D eigenvalue weighted by molar-refractivity contribution is -0.0543. The smallest absolute Gasteiger partial charge is 0.190 e. The Balaban J connectivity index is 1.72. The van der Waals surface area contributed by atoms with Crippen LogP contribution in [0.1, 0.15) is 49.6 Å². The van der Waals surface area contributed by atoms with Gasteiger partial charge in [0.2, 0.25) is 0 Å². The number of thiophene rings is 1. The van der Waals surface area contributed by atoms with Crippen LogP contribution in [-0.4, -0.2) is 21.3 Å². The summed E-state index contributed by atoms with van der Waals surface area (Å²) in [5.74, 6) is 1.90. The van der Waals surface area contributed by atoms with Crippen molar-refractivity contribution in [3.05, 3.63) is 45.3 Å². The van der Waals surface area contributed by atoms with Crippen molar-refractivity contribution in [1.29, 1.82) is 0 Å². The summed E-state index contributed by atoms with van der Waals surface area (Å²) < 4.78 is 6.18. The van der Waals surface area contributed by atoms with E-state index in [1.54, 1.807) is 34.9 Å². The van der Waals surface area contributed by atoms with E-state index in [-0.39, 0.29) is 5.60 Å². The van der Waals surface area contributed by atoms with E-state index in [9.17, 15) is 0 Å². The molecule has 7 heteroatoms. The van der Waals surface area contributed by atoms with E-state index in [2.05, 4.69) is 32.9 Å². The van der Waals surface area contributed by atoms with E-state index in [4.69, 9.17) is 26.3 Å². The summed E-state index contributed by atoms with van der Waals surface area (Å²) in [6.45, 7) is 7.28. The number of rotatable bonds is 7. The zero-order valence-corrected chi connectivity index (χ0v) is 20.2. The molecule has 0 saturated carbocycles. The molecule has 0 saturated heterocycles. The van der Waals surface area contributed by atoms with Gasteiger partial charge in [-0.3, -0.25) is 0 Å². The number of ether oxygens (including phenoxy) is 1. The maximum Gasteiger partial charge on any atom is 0.190 e. The van der Waals surface area contributed by atoms with Gasteiger partial charge in [-0.25, -0.2) is 9.97 Å². The van der Waals surface area contributed by atoms with Crippen molar-refractivity contribution in [2.75, 3.05) is 5.75 Å². The van der Waals surface area contributed by atoms with Crippen molar-refractivity contribution in [3.63, 3.8) is 0 Å². The maximum absolute atomic E-state index is 6.18. The molecule has 154 valence electrons. The molecule has 0 fully saturated rings. The van der Waals surface area contributed by atoms with Gasteiger partial charge in [-0.1, -0.05) is 49.3 Å². The van der Waals surface area contributed by atoms with Crippen LogP contribution >= 0.6 is 46.5 Å². The molecule has 0 radical (unpaired) electrons. The first-order chi connectivity index (χ1) is 14.0. The second-order valence-electron chi connectivity index (χ2n) is 7.53. The minimum absolute atomic E-state index is 0.102. The van der Waals surface area contributed by atoms with Crippen molar-refractivity contribution in [2.24, 2.45) is 0 Å². The molecule has 0 unspecified atom stereocenters. The van der Waals surface area contributed by atoms with Crippen LogP contribution < -0.4 is 0 Å². The van der Waals surface area contributed by atoms with E-state index < -0.39 is 0 Å². The molecular formula is C22H25ClN2OS3. The Morgan fingerprint density at radius 2 is 1.97 bits per heavy atom. The van der Waals surface area contributed by atoms with Gasteiger partial charge >= 0.3 is 0 Å². The predicted molar refractivity (Wildman–Crippen MR) is 127 cm³/mol. The molecule has 0 N–H and O–H groups in total. The van der Waals surface area contributed by atoms with Crippen molar-refractivity contribution in [3.8, 4) is 0 Å². The van der Waals surface area contributed by atoms with Gasteiger partial charge in [0, 0.05) is 33.2 Å². The van der Waals surface area contributed by atoms with Crippen molar-refractivity contribution < 1.29 is 4.74 Å². The Kier molecular flexibility index (Phi) is 6.76. The normalized spacial score (nSPS) is 18.9. The fourth-order valence-electron chi connectivity index (χ4n) is 3.34. The summed E-state index contributed by atoms with van der Waals surface area (Å²) in [5.41, 5.74) is 2.54. The number of aromatic nitrogens is 2. The fraction of sp³-hybridized carbons (Fsp3) is 0.455. The third-order valence-corrected chi connectivity index (χ3v) is 8.71. The van der Waals surface area contributed by atoms with E-state index in [0.717, 1.165) is 50.8 Å². The van der Waals surface area contributed by atoms with Crippen molar-refractivity contribution in [1.82, 2.24) is 9.97 Å². The van der Waals surface area contributed by atoms with Crippen LogP contribution in [0.2, 0.25) is 5.02 Å². The summed E-state index contributed by atoms with van der Waals surface area (Å²) in [7, 11) is 0. The minimum Gasteiger partial charge on any atom is -0.369 e. The van der Waals surface area contributed by atoms with Gasteiger partial charge in [0.1, 0.15) is 9.86 Å². The number of halogens is 1. The highest BCUT2D eigenvalue weighted by Crippen LogP contribution is 2.43. The molecule has 3 aromatic rings. The van der Waals surface area contributed by atoms with E-state index in [0.29, 0.717) is 6.61 Å². The number of benzene rings is 1. The molecule has 4 rings (SSSR count). The van der Waals surface area contributed by atoms with Crippen molar-refractivity contribution in [2.45, 2.75) is 68.2 Å². The van der Waals surface area contributed by atoms with Crippen LogP contribution in [0.15, 0.2) is 34.4 Å². The summed E-state index contributed by atoms with van der Waals surface area (Å²) in [6, 6.07) is 8.08. The molecule has 1 aromatic carbocycles. The highest BCUT2D eigenvalue weighted by Gasteiger charge is 2.33. The molecular weight excluding hydrogens is 440 g/mol. The Hall–Kier alpha value is -0.790. The van der Waals surface area contributed by atoms with Gasteiger partial charge in [-0.05, 0) is 43.0 Å². The quantitative estimate of drug-likeness (QED) is 0.207. The lowest BCUT2D eigenvalue weighted by atomic mass is 9.90. The Labute approximate surface area is 190 Å². The zero-order valence-electron chi connectivity index (χ0n) is 17.0. The molecule has 1 aliphatic rings. The van der Waals surface area contributed by atoms with Crippen LogP contribution in [0.25, 0.3) is 10.2 Å². The second-order valence-corrected chi connectivity index (χ2v) is 11.1. The zero-order chi connectivity index (χ0) is 20.4. The summed E-state index contributed by atoms with van der Waals surface area (Å²) in [5, 5.41) is 4.00. The second kappa shape index (κ2) is 9.15. The van der Waals surface area contributed by atoms with Crippen LogP contribution in [0, 0.1) is 0 Å². The number of hydrogen-bond acceptors (Lipinski definition) is 6. The topological polar surface area (TPSA) is 35.0 Å². The lowest BCUT2D eigenvalue weighted by Gasteiger charge is -2.33. The summed E-state index contributed by atoms with van der Waals surface area (Å²) in [6.07, 6.45) is 3.05. The average molecular weight is 465 g/mol. The van der Waals surface area contributed by atoms with E-state index in [1.807, 2.05) is 12.1 Å². The lowest BCUT2D eigenvalue weighted by Crippen LogP contribution is -2.33. The maximum atomic E-state index is 6.18. The van der Waals surface area contributed by atoms with E-state index >= 15 is 0 Å². The molecule has 0 aliphatic carbocycles. The third-order valence-electron chi connectivity index (χ3n) is 5.25. The number of nitrogens with zero attached hydrogens (tertiary/aromatic N) is 2. The highest BCUT2D eigenvalue weighted by molar-refractivity contribution is 7.99. The van der Waals surface area contributed by atoms with Gasteiger partial charge in [-0.15, -0.1) is 23.1 Å². The van der Waals surface area contributed by atoms with Crippen molar-refractivity contribution >= 4 is 56.7 Å². The molecule has 0 bridgehead atoms. The van der Waals surface area contributed by atoms with Gasteiger partial charge in [0.05, 0.1) is 12.2 Å². The average Bonchev–Trinajstić information content (AvgIpc) is 3.09. The molecule has 0 spiro atoms. The monoisotopic (exact) mass is 464 g/mol. The minimum atomic E-state index is -0.102. The van der Waals surface area contributed by atoms with Gasteiger partial charge in [0.25, 0.3) is 0 Å². The van der Waals surface area contributed by atoms with Gasteiger partial charge < -0.3 is 4.74 Å². The molecule has 3 heterocycles. The first-order valence-electron chi connectivity index (χ1n) is 9.97. The Morgan fingerprint density at radius 3 is 2.69 bits per heavy atom. The van der Waals surface area contributed by atoms with Crippen LogP contribution in [0.3, 0.4) is 0 Å².